The predicted molar refractivity (Wildman–Crippen MR) is 95.2 cm³/mol. The van der Waals surface area contributed by atoms with Gasteiger partial charge in [-0.25, -0.2) is 0 Å². The molecule has 1 fully saturated rings. The number of amides is 2. The molecule has 1 aromatic carbocycles. The summed E-state index contributed by atoms with van der Waals surface area (Å²) in [5, 5.41) is 6.31. The number of halogens is 1. The van der Waals surface area contributed by atoms with Crippen molar-refractivity contribution in [1.82, 2.24) is 5.32 Å². The van der Waals surface area contributed by atoms with Crippen molar-refractivity contribution in [2.75, 3.05) is 18.5 Å². The zero-order chi connectivity index (χ0) is 17.5. The first-order valence-electron chi connectivity index (χ1n) is 8.38. The molecule has 5 nitrogen and oxygen atoms in total. The van der Waals surface area contributed by atoms with E-state index in [0.29, 0.717) is 30.1 Å². The van der Waals surface area contributed by atoms with Crippen molar-refractivity contribution in [3.63, 3.8) is 0 Å². The molecule has 0 aliphatic carbocycles. The molecule has 1 aromatic rings. The van der Waals surface area contributed by atoms with E-state index in [0.717, 1.165) is 25.0 Å². The van der Waals surface area contributed by atoms with Gasteiger partial charge in [-0.15, -0.1) is 0 Å². The summed E-state index contributed by atoms with van der Waals surface area (Å²) in [7, 11) is 0. The third-order valence-electron chi connectivity index (χ3n) is 4.07. The summed E-state index contributed by atoms with van der Waals surface area (Å²) in [4.78, 5) is 24.0. The lowest BCUT2D eigenvalue weighted by atomic mass is 10.0. The fraction of sp³-hybridized carbons (Fsp3) is 0.556. The van der Waals surface area contributed by atoms with Crippen LogP contribution in [0.15, 0.2) is 18.2 Å². The van der Waals surface area contributed by atoms with Gasteiger partial charge in [0.15, 0.2) is 0 Å². The van der Waals surface area contributed by atoms with Gasteiger partial charge in [0.25, 0.3) is 0 Å². The molecular weight excluding hydrogens is 328 g/mol. The molecule has 2 rings (SSSR count). The highest BCUT2D eigenvalue weighted by molar-refractivity contribution is 6.31. The SMILES string of the molecule is Cc1ccc(NC(=O)C[C@H](C)CC(=O)NC[C@@H]2CCCO2)cc1Cl. The third-order valence-corrected chi connectivity index (χ3v) is 4.48. The van der Waals surface area contributed by atoms with E-state index in [9.17, 15) is 9.59 Å². The lowest BCUT2D eigenvalue weighted by molar-refractivity contribution is -0.122. The smallest absolute Gasteiger partial charge is 0.224 e. The van der Waals surface area contributed by atoms with Gasteiger partial charge in [0.2, 0.25) is 11.8 Å². The number of hydrogen-bond acceptors (Lipinski definition) is 3. The molecule has 0 bridgehead atoms. The Morgan fingerprint density at radius 1 is 1.33 bits per heavy atom. The molecule has 1 saturated heterocycles. The number of carbonyl (C=O) groups is 2. The first kappa shape index (κ1) is 18.7. The average molecular weight is 353 g/mol. The van der Waals surface area contributed by atoms with Gasteiger partial charge in [0.05, 0.1) is 6.10 Å². The van der Waals surface area contributed by atoms with Crippen LogP contribution in [0, 0.1) is 12.8 Å². The first-order chi connectivity index (χ1) is 11.4. The van der Waals surface area contributed by atoms with Crippen LogP contribution < -0.4 is 10.6 Å². The highest BCUT2D eigenvalue weighted by Crippen LogP contribution is 2.20. The Hall–Kier alpha value is -1.59. The van der Waals surface area contributed by atoms with E-state index in [4.69, 9.17) is 16.3 Å². The fourth-order valence-electron chi connectivity index (χ4n) is 2.69. The summed E-state index contributed by atoms with van der Waals surface area (Å²) in [5.41, 5.74) is 1.64. The fourth-order valence-corrected chi connectivity index (χ4v) is 2.87. The number of hydrogen-bond donors (Lipinski definition) is 2. The molecule has 0 spiro atoms. The third kappa shape index (κ3) is 6.13. The second-order valence-corrected chi connectivity index (χ2v) is 6.87. The zero-order valence-corrected chi connectivity index (χ0v) is 15.0. The quantitative estimate of drug-likeness (QED) is 0.791. The van der Waals surface area contributed by atoms with Crippen molar-refractivity contribution in [3.8, 4) is 0 Å². The summed E-state index contributed by atoms with van der Waals surface area (Å²) >= 11 is 6.05. The molecule has 1 aliphatic rings. The molecule has 1 aliphatic heterocycles. The first-order valence-corrected chi connectivity index (χ1v) is 8.76. The summed E-state index contributed by atoms with van der Waals surface area (Å²) in [6.07, 6.45) is 2.81. The summed E-state index contributed by atoms with van der Waals surface area (Å²) < 4.78 is 5.47. The van der Waals surface area contributed by atoms with Gasteiger partial charge in [-0.3, -0.25) is 9.59 Å². The normalized spacial score (nSPS) is 18.2. The van der Waals surface area contributed by atoms with Crippen molar-refractivity contribution in [3.05, 3.63) is 28.8 Å². The van der Waals surface area contributed by atoms with E-state index in [1.54, 1.807) is 6.07 Å². The average Bonchev–Trinajstić information content (AvgIpc) is 3.02. The second-order valence-electron chi connectivity index (χ2n) is 6.46. The lowest BCUT2D eigenvalue weighted by Crippen LogP contribution is -2.33. The van der Waals surface area contributed by atoms with Gasteiger partial charge in [0.1, 0.15) is 0 Å². The Bertz CT molecular complexity index is 586. The minimum Gasteiger partial charge on any atom is -0.376 e. The van der Waals surface area contributed by atoms with Crippen molar-refractivity contribution in [2.45, 2.75) is 45.6 Å². The molecular formula is C18H25ClN2O3. The molecule has 24 heavy (non-hydrogen) atoms. The molecule has 2 atom stereocenters. The van der Waals surface area contributed by atoms with Crippen LogP contribution in [0.25, 0.3) is 0 Å². The zero-order valence-electron chi connectivity index (χ0n) is 14.2. The predicted octanol–water partition coefficient (Wildman–Crippen LogP) is 3.30. The van der Waals surface area contributed by atoms with E-state index >= 15 is 0 Å². The van der Waals surface area contributed by atoms with E-state index in [-0.39, 0.29) is 23.8 Å². The van der Waals surface area contributed by atoms with Crippen LogP contribution >= 0.6 is 11.6 Å². The highest BCUT2D eigenvalue weighted by atomic mass is 35.5. The van der Waals surface area contributed by atoms with Crippen LogP contribution in [0.4, 0.5) is 5.69 Å². The maximum Gasteiger partial charge on any atom is 0.224 e. The molecule has 0 radical (unpaired) electrons. The van der Waals surface area contributed by atoms with Crippen molar-refractivity contribution in [1.29, 1.82) is 0 Å². The Morgan fingerprint density at radius 3 is 2.75 bits per heavy atom. The van der Waals surface area contributed by atoms with E-state index in [2.05, 4.69) is 10.6 Å². The molecule has 0 unspecified atom stereocenters. The minimum atomic E-state index is -0.116. The molecule has 0 saturated carbocycles. The van der Waals surface area contributed by atoms with Crippen LogP contribution in [0.2, 0.25) is 5.02 Å². The number of anilines is 1. The van der Waals surface area contributed by atoms with Crippen molar-refractivity contribution < 1.29 is 14.3 Å². The Morgan fingerprint density at radius 2 is 2.08 bits per heavy atom. The Labute approximate surface area is 148 Å². The Kier molecular flexibility index (Phi) is 7.06. The van der Waals surface area contributed by atoms with Gasteiger partial charge >= 0.3 is 0 Å². The van der Waals surface area contributed by atoms with E-state index in [1.807, 2.05) is 26.0 Å². The maximum atomic E-state index is 12.1. The topological polar surface area (TPSA) is 67.4 Å². The maximum absolute atomic E-state index is 12.1. The van der Waals surface area contributed by atoms with Gasteiger partial charge in [-0.1, -0.05) is 24.6 Å². The van der Waals surface area contributed by atoms with Gasteiger partial charge in [-0.2, -0.15) is 0 Å². The van der Waals surface area contributed by atoms with Gasteiger partial charge < -0.3 is 15.4 Å². The number of nitrogens with one attached hydrogen (secondary N) is 2. The largest absolute Gasteiger partial charge is 0.376 e. The van der Waals surface area contributed by atoms with Crippen molar-refractivity contribution in [2.24, 2.45) is 5.92 Å². The monoisotopic (exact) mass is 352 g/mol. The number of aryl methyl sites for hydroxylation is 1. The van der Waals surface area contributed by atoms with E-state index in [1.165, 1.54) is 0 Å². The standard InChI is InChI=1S/C18H25ClN2O3/c1-12(8-17(22)20-11-15-4-3-7-24-15)9-18(23)21-14-6-5-13(2)16(19)10-14/h5-6,10,12,15H,3-4,7-9,11H2,1-2H3,(H,20,22)(H,21,23)/t12-,15+/m1/s1. The molecule has 2 N–H and O–H groups in total. The van der Waals surface area contributed by atoms with Gasteiger partial charge in [0, 0.05) is 36.7 Å². The summed E-state index contributed by atoms with van der Waals surface area (Å²) in [6, 6.07) is 5.41. The molecule has 1 heterocycles. The number of rotatable bonds is 7. The molecule has 2 amide bonds. The van der Waals surface area contributed by atoms with Crippen LogP contribution in [-0.4, -0.2) is 31.1 Å². The summed E-state index contributed by atoms with van der Waals surface area (Å²) in [5.74, 6) is -0.186. The molecule has 132 valence electrons. The van der Waals surface area contributed by atoms with Crippen LogP contribution in [-0.2, 0) is 14.3 Å². The van der Waals surface area contributed by atoms with Crippen LogP contribution in [0.1, 0.15) is 38.2 Å². The van der Waals surface area contributed by atoms with Crippen molar-refractivity contribution >= 4 is 29.1 Å². The lowest BCUT2D eigenvalue weighted by Gasteiger charge is -2.14. The van der Waals surface area contributed by atoms with Gasteiger partial charge in [-0.05, 0) is 43.4 Å². The molecule has 0 aromatic heterocycles. The Balaban J connectivity index is 1.70. The summed E-state index contributed by atoms with van der Waals surface area (Å²) in [6.45, 7) is 5.14. The van der Waals surface area contributed by atoms with E-state index < -0.39 is 0 Å². The number of benzene rings is 1. The highest BCUT2D eigenvalue weighted by Gasteiger charge is 2.18. The number of carbonyl (C=O) groups excluding carboxylic acids is 2. The molecule has 6 heteroatoms. The second kappa shape index (κ2) is 9.04. The van der Waals surface area contributed by atoms with Crippen LogP contribution in [0.5, 0.6) is 0 Å². The number of ether oxygens (including phenoxy) is 1. The minimum absolute atomic E-state index is 0.0320. The van der Waals surface area contributed by atoms with Crippen LogP contribution in [0.3, 0.4) is 0 Å².